The van der Waals surface area contributed by atoms with Gasteiger partial charge in [-0.2, -0.15) is 0 Å². The van der Waals surface area contributed by atoms with Crippen LogP contribution in [0.5, 0.6) is 0 Å². The van der Waals surface area contributed by atoms with Crippen LogP contribution in [0.1, 0.15) is 34.8 Å². The first-order valence-corrected chi connectivity index (χ1v) is 9.56. The zero-order valence-corrected chi connectivity index (χ0v) is 16.9. The van der Waals surface area contributed by atoms with E-state index in [1.54, 1.807) is 36.4 Å². The Morgan fingerprint density at radius 1 is 1.03 bits per heavy atom. The molecule has 2 aromatic heterocycles. The summed E-state index contributed by atoms with van der Waals surface area (Å²) in [5.41, 5.74) is 1.17. The number of aromatic nitrogens is 1. The first-order valence-electron chi connectivity index (χ1n) is 9.18. The van der Waals surface area contributed by atoms with Crippen molar-refractivity contribution in [2.75, 3.05) is 28.6 Å². The van der Waals surface area contributed by atoms with Crippen molar-refractivity contribution in [2.24, 2.45) is 0 Å². The number of nitrogens with zero attached hydrogens (tertiary/aromatic N) is 2. The first-order chi connectivity index (χ1) is 14.0. The molecule has 0 atom stereocenters. The van der Waals surface area contributed by atoms with Gasteiger partial charge in [0.25, 0.3) is 11.8 Å². The molecule has 0 aliphatic carbocycles. The van der Waals surface area contributed by atoms with Gasteiger partial charge < -0.3 is 20.0 Å². The van der Waals surface area contributed by atoms with Crippen LogP contribution >= 0.6 is 11.6 Å². The number of halogens is 1. The van der Waals surface area contributed by atoms with E-state index >= 15 is 0 Å². The molecule has 3 rings (SSSR count). The lowest BCUT2D eigenvalue weighted by Crippen LogP contribution is -2.23. The predicted molar refractivity (Wildman–Crippen MR) is 114 cm³/mol. The Morgan fingerprint density at radius 3 is 2.41 bits per heavy atom. The number of carbonyl (C=O) groups is 2. The summed E-state index contributed by atoms with van der Waals surface area (Å²) in [6.07, 6.45) is 2.93. The van der Waals surface area contributed by atoms with Gasteiger partial charge in [-0.3, -0.25) is 9.59 Å². The highest BCUT2D eigenvalue weighted by molar-refractivity contribution is 6.31. The molecule has 2 amide bonds. The molecule has 0 saturated heterocycles. The number of nitrogens with one attached hydrogen (secondary N) is 2. The first kappa shape index (κ1) is 20.4. The van der Waals surface area contributed by atoms with Crippen LogP contribution in [0.3, 0.4) is 0 Å². The molecular weight excluding hydrogens is 392 g/mol. The maximum Gasteiger partial charge on any atom is 0.291 e. The molecular formula is C21H21ClN4O3. The quantitative estimate of drug-likeness (QED) is 0.588. The van der Waals surface area contributed by atoms with Crippen molar-refractivity contribution in [1.82, 2.24) is 4.98 Å². The van der Waals surface area contributed by atoms with E-state index in [0.717, 1.165) is 18.9 Å². The van der Waals surface area contributed by atoms with Gasteiger partial charge in [-0.1, -0.05) is 11.6 Å². The second-order valence-corrected chi connectivity index (χ2v) is 6.59. The van der Waals surface area contributed by atoms with Gasteiger partial charge >= 0.3 is 0 Å². The van der Waals surface area contributed by atoms with Gasteiger partial charge in [-0.05, 0) is 56.3 Å². The minimum absolute atomic E-state index is 0.151. The number of benzene rings is 1. The SMILES string of the molecule is CCN(CC)c1ccc(C(=O)Nc2ccc(Cl)cc2NC(=O)c2ccco2)cn1. The minimum Gasteiger partial charge on any atom is -0.459 e. The fourth-order valence-electron chi connectivity index (χ4n) is 2.77. The molecule has 1 aromatic carbocycles. The number of rotatable bonds is 7. The number of anilines is 3. The molecule has 3 aromatic rings. The third-order valence-corrected chi connectivity index (χ3v) is 4.56. The largest absolute Gasteiger partial charge is 0.459 e. The molecule has 0 fully saturated rings. The van der Waals surface area contributed by atoms with E-state index in [4.69, 9.17) is 16.0 Å². The monoisotopic (exact) mass is 412 g/mol. The van der Waals surface area contributed by atoms with Crippen LogP contribution in [-0.4, -0.2) is 29.9 Å². The van der Waals surface area contributed by atoms with Gasteiger partial charge in [0.05, 0.1) is 23.2 Å². The third-order valence-electron chi connectivity index (χ3n) is 4.32. The number of hydrogen-bond donors (Lipinski definition) is 2. The van der Waals surface area contributed by atoms with Crippen molar-refractivity contribution in [2.45, 2.75) is 13.8 Å². The summed E-state index contributed by atoms with van der Waals surface area (Å²) >= 11 is 6.05. The molecule has 2 heterocycles. The summed E-state index contributed by atoms with van der Waals surface area (Å²) in [7, 11) is 0. The Balaban J connectivity index is 1.77. The van der Waals surface area contributed by atoms with Crippen LogP contribution in [0.15, 0.2) is 59.3 Å². The van der Waals surface area contributed by atoms with E-state index in [-0.39, 0.29) is 11.7 Å². The van der Waals surface area contributed by atoms with E-state index in [1.165, 1.54) is 12.5 Å². The summed E-state index contributed by atoms with van der Waals surface area (Å²) in [6.45, 7) is 5.76. The van der Waals surface area contributed by atoms with Crippen LogP contribution in [0.2, 0.25) is 5.02 Å². The Labute approximate surface area is 173 Å². The summed E-state index contributed by atoms with van der Waals surface area (Å²) in [6, 6.07) is 11.5. The van der Waals surface area contributed by atoms with Crippen LogP contribution in [0.25, 0.3) is 0 Å². The molecule has 0 radical (unpaired) electrons. The summed E-state index contributed by atoms with van der Waals surface area (Å²) in [4.78, 5) is 31.4. The Bertz CT molecular complexity index is 984. The number of amides is 2. The molecule has 8 heteroatoms. The smallest absolute Gasteiger partial charge is 0.291 e. The summed E-state index contributed by atoms with van der Waals surface area (Å²) < 4.78 is 5.09. The molecule has 0 spiro atoms. The van der Waals surface area contributed by atoms with Crippen molar-refractivity contribution in [1.29, 1.82) is 0 Å². The molecule has 0 aliphatic heterocycles. The topological polar surface area (TPSA) is 87.5 Å². The normalized spacial score (nSPS) is 10.4. The van der Waals surface area contributed by atoms with Gasteiger partial charge in [0.15, 0.2) is 5.76 Å². The molecule has 0 unspecified atom stereocenters. The zero-order valence-electron chi connectivity index (χ0n) is 16.1. The fourth-order valence-corrected chi connectivity index (χ4v) is 2.94. The van der Waals surface area contributed by atoms with Crippen LogP contribution < -0.4 is 15.5 Å². The lowest BCUT2D eigenvalue weighted by atomic mass is 10.2. The molecule has 7 nitrogen and oxygen atoms in total. The highest BCUT2D eigenvalue weighted by atomic mass is 35.5. The van der Waals surface area contributed by atoms with E-state index < -0.39 is 5.91 Å². The van der Waals surface area contributed by atoms with Gasteiger partial charge in [-0.15, -0.1) is 0 Å². The summed E-state index contributed by atoms with van der Waals surface area (Å²) in [5.74, 6) is 0.167. The maximum absolute atomic E-state index is 12.7. The lowest BCUT2D eigenvalue weighted by molar-refractivity contribution is 0.0993. The van der Waals surface area contributed by atoms with Gasteiger partial charge in [0, 0.05) is 24.3 Å². The molecule has 29 heavy (non-hydrogen) atoms. The van der Waals surface area contributed by atoms with Crippen LogP contribution in [0.4, 0.5) is 17.2 Å². The number of carbonyl (C=O) groups excluding carboxylic acids is 2. The Morgan fingerprint density at radius 2 is 1.79 bits per heavy atom. The van der Waals surface area contributed by atoms with E-state index in [1.807, 2.05) is 19.9 Å². The minimum atomic E-state index is -0.446. The van der Waals surface area contributed by atoms with Crippen molar-refractivity contribution in [3.05, 3.63) is 71.3 Å². The Hall–Kier alpha value is -3.32. The summed E-state index contributed by atoms with van der Waals surface area (Å²) in [5, 5.41) is 5.90. The molecule has 0 aliphatic rings. The van der Waals surface area contributed by atoms with Crippen molar-refractivity contribution < 1.29 is 14.0 Å². The number of pyridine rings is 1. The van der Waals surface area contributed by atoms with E-state index in [9.17, 15) is 9.59 Å². The van der Waals surface area contributed by atoms with Gasteiger partial charge in [0.1, 0.15) is 5.82 Å². The molecule has 150 valence electrons. The van der Waals surface area contributed by atoms with E-state index in [0.29, 0.717) is 22.0 Å². The number of hydrogen-bond acceptors (Lipinski definition) is 5. The third kappa shape index (κ3) is 4.94. The average Bonchev–Trinajstić information content (AvgIpc) is 3.26. The van der Waals surface area contributed by atoms with Crippen molar-refractivity contribution in [3.63, 3.8) is 0 Å². The predicted octanol–water partition coefficient (Wildman–Crippen LogP) is 4.68. The zero-order chi connectivity index (χ0) is 20.8. The molecule has 0 bridgehead atoms. The average molecular weight is 413 g/mol. The maximum atomic E-state index is 12.7. The number of furan rings is 1. The van der Waals surface area contributed by atoms with Gasteiger partial charge in [0.2, 0.25) is 0 Å². The molecule has 2 N–H and O–H groups in total. The Kier molecular flexibility index (Phi) is 6.51. The van der Waals surface area contributed by atoms with Crippen LogP contribution in [0, 0.1) is 0 Å². The highest BCUT2D eigenvalue weighted by Gasteiger charge is 2.15. The standard InChI is InChI=1S/C21H21ClN4O3/c1-3-26(4-2)19-10-7-14(13-23-19)20(27)24-16-9-8-15(22)12-17(16)25-21(28)18-6-5-11-29-18/h5-13H,3-4H2,1-2H3,(H,24,27)(H,25,28). The van der Waals surface area contributed by atoms with Crippen molar-refractivity contribution in [3.8, 4) is 0 Å². The van der Waals surface area contributed by atoms with Crippen LogP contribution in [-0.2, 0) is 0 Å². The van der Waals surface area contributed by atoms with Crippen molar-refractivity contribution >= 4 is 40.6 Å². The van der Waals surface area contributed by atoms with Gasteiger partial charge in [-0.25, -0.2) is 4.98 Å². The second kappa shape index (κ2) is 9.25. The lowest BCUT2D eigenvalue weighted by Gasteiger charge is -2.19. The van der Waals surface area contributed by atoms with E-state index in [2.05, 4.69) is 20.5 Å². The molecule has 0 saturated carbocycles. The second-order valence-electron chi connectivity index (χ2n) is 6.15. The highest BCUT2D eigenvalue weighted by Crippen LogP contribution is 2.27. The fraction of sp³-hybridized carbons (Fsp3) is 0.190.